The second kappa shape index (κ2) is 2.32. The first kappa shape index (κ1) is 6.30. The zero-order valence-corrected chi connectivity index (χ0v) is 5.82. The van der Waals surface area contributed by atoms with E-state index in [0.29, 0.717) is 6.54 Å². The summed E-state index contributed by atoms with van der Waals surface area (Å²) in [5.74, 6) is 0. The van der Waals surface area contributed by atoms with Gasteiger partial charge in [-0.3, -0.25) is 4.98 Å². The third-order valence-electron chi connectivity index (χ3n) is 1.50. The van der Waals surface area contributed by atoms with Crippen molar-refractivity contribution in [3.63, 3.8) is 0 Å². The van der Waals surface area contributed by atoms with Crippen LogP contribution in [0.1, 0.15) is 5.69 Å². The van der Waals surface area contributed by atoms with Gasteiger partial charge in [-0.15, -0.1) is 0 Å². The lowest BCUT2D eigenvalue weighted by molar-refractivity contribution is 0.456. The molecule has 0 spiro atoms. The van der Waals surface area contributed by atoms with Gasteiger partial charge in [-0.2, -0.15) is 0 Å². The molecular weight excluding hydrogens is 142 g/mol. The predicted molar refractivity (Wildman–Crippen MR) is 39.7 cm³/mol. The van der Waals surface area contributed by atoms with Crippen molar-refractivity contribution in [3.05, 3.63) is 24.2 Å². The smallest absolute Gasteiger partial charge is 0.170 e. The van der Waals surface area contributed by atoms with E-state index in [1.165, 1.54) is 0 Å². The van der Waals surface area contributed by atoms with Crippen molar-refractivity contribution in [3.8, 4) is 0 Å². The van der Waals surface area contributed by atoms with E-state index in [0.717, 1.165) is 16.7 Å². The molecule has 0 unspecified atom stereocenters. The van der Waals surface area contributed by atoms with Gasteiger partial charge in [0.25, 0.3) is 0 Å². The maximum Gasteiger partial charge on any atom is 0.170 e. The van der Waals surface area contributed by atoms with Crippen molar-refractivity contribution < 1.29 is 4.52 Å². The van der Waals surface area contributed by atoms with Gasteiger partial charge in [-0.05, 0) is 0 Å². The van der Waals surface area contributed by atoms with Crippen LogP contribution in [0.5, 0.6) is 0 Å². The van der Waals surface area contributed by atoms with Gasteiger partial charge in [0.15, 0.2) is 5.58 Å². The number of nitrogens with two attached hydrogens (primary N) is 1. The Balaban J connectivity index is 2.67. The van der Waals surface area contributed by atoms with Crippen LogP contribution in [0.4, 0.5) is 0 Å². The molecule has 0 atom stereocenters. The van der Waals surface area contributed by atoms with Gasteiger partial charge in [0, 0.05) is 18.8 Å². The van der Waals surface area contributed by atoms with Crippen LogP contribution in [-0.4, -0.2) is 10.1 Å². The molecule has 4 heteroatoms. The van der Waals surface area contributed by atoms with Crippen molar-refractivity contribution in [2.75, 3.05) is 0 Å². The van der Waals surface area contributed by atoms with Crippen molar-refractivity contribution >= 4 is 11.0 Å². The molecule has 2 aromatic rings. The Bertz CT molecular complexity index is 368. The van der Waals surface area contributed by atoms with Crippen LogP contribution in [0.25, 0.3) is 11.0 Å². The fraction of sp³-hybridized carbons (Fsp3) is 0.143. The van der Waals surface area contributed by atoms with Gasteiger partial charge < -0.3 is 10.3 Å². The first-order valence-electron chi connectivity index (χ1n) is 3.29. The van der Waals surface area contributed by atoms with Crippen LogP contribution >= 0.6 is 0 Å². The SMILES string of the molecule is NCc1cc2oncc2cn1. The monoisotopic (exact) mass is 149 g/mol. The topological polar surface area (TPSA) is 64.9 Å². The molecule has 2 N–H and O–H groups in total. The molecular formula is C7H7N3O. The molecule has 0 aliphatic heterocycles. The van der Waals surface area contributed by atoms with Gasteiger partial charge in [-0.1, -0.05) is 5.16 Å². The molecule has 2 rings (SSSR count). The fourth-order valence-corrected chi connectivity index (χ4v) is 0.916. The van der Waals surface area contributed by atoms with Crippen LogP contribution in [0.3, 0.4) is 0 Å². The molecule has 11 heavy (non-hydrogen) atoms. The number of fused-ring (bicyclic) bond motifs is 1. The van der Waals surface area contributed by atoms with E-state index in [-0.39, 0.29) is 0 Å². The average Bonchev–Trinajstić information content (AvgIpc) is 2.50. The Hall–Kier alpha value is -1.42. The van der Waals surface area contributed by atoms with Gasteiger partial charge >= 0.3 is 0 Å². The van der Waals surface area contributed by atoms with E-state index < -0.39 is 0 Å². The van der Waals surface area contributed by atoms with E-state index in [1.54, 1.807) is 18.5 Å². The van der Waals surface area contributed by atoms with Crippen LogP contribution in [0.15, 0.2) is 23.0 Å². The minimum absolute atomic E-state index is 0.427. The van der Waals surface area contributed by atoms with Crippen LogP contribution in [0, 0.1) is 0 Å². The average molecular weight is 149 g/mol. The van der Waals surface area contributed by atoms with Crippen molar-refractivity contribution in [2.45, 2.75) is 6.54 Å². The minimum Gasteiger partial charge on any atom is -0.356 e. The van der Waals surface area contributed by atoms with E-state index in [9.17, 15) is 0 Å². The molecule has 56 valence electrons. The van der Waals surface area contributed by atoms with E-state index in [2.05, 4.69) is 10.1 Å². The standard InChI is InChI=1S/C7H7N3O/c8-2-6-1-7-5(3-9-6)4-10-11-7/h1,3-4H,2,8H2. The Kier molecular flexibility index (Phi) is 1.33. The summed E-state index contributed by atoms with van der Waals surface area (Å²) in [5, 5.41) is 4.53. The van der Waals surface area contributed by atoms with E-state index >= 15 is 0 Å². The van der Waals surface area contributed by atoms with Crippen molar-refractivity contribution in [2.24, 2.45) is 5.73 Å². The second-order valence-corrected chi connectivity index (χ2v) is 2.24. The second-order valence-electron chi connectivity index (χ2n) is 2.24. The summed E-state index contributed by atoms with van der Waals surface area (Å²) in [7, 11) is 0. The quantitative estimate of drug-likeness (QED) is 0.647. The highest BCUT2D eigenvalue weighted by Crippen LogP contribution is 2.11. The summed E-state index contributed by atoms with van der Waals surface area (Å²) < 4.78 is 4.91. The Morgan fingerprint density at radius 2 is 2.36 bits per heavy atom. The first-order chi connectivity index (χ1) is 5.40. The lowest BCUT2D eigenvalue weighted by Gasteiger charge is -1.91. The zero-order chi connectivity index (χ0) is 7.68. The molecule has 0 aromatic carbocycles. The van der Waals surface area contributed by atoms with Crippen LogP contribution < -0.4 is 5.73 Å². The maximum absolute atomic E-state index is 5.39. The normalized spacial score (nSPS) is 10.6. The van der Waals surface area contributed by atoms with Crippen LogP contribution in [-0.2, 0) is 6.54 Å². The molecule has 2 aromatic heterocycles. The highest BCUT2D eigenvalue weighted by Gasteiger charge is 1.98. The van der Waals surface area contributed by atoms with Crippen LogP contribution in [0.2, 0.25) is 0 Å². The van der Waals surface area contributed by atoms with E-state index in [1.807, 2.05) is 0 Å². The first-order valence-corrected chi connectivity index (χ1v) is 3.29. The number of pyridine rings is 1. The molecule has 0 saturated carbocycles. The predicted octanol–water partition coefficient (Wildman–Crippen LogP) is 0.681. The maximum atomic E-state index is 5.39. The molecule has 0 aliphatic rings. The number of hydrogen-bond donors (Lipinski definition) is 1. The number of aromatic nitrogens is 2. The largest absolute Gasteiger partial charge is 0.356 e. The van der Waals surface area contributed by atoms with Gasteiger partial charge in [0.2, 0.25) is 0 Å². The molecule has 0 bridgehead atoms. The highest BCUT2D eigenvalue weighted by molar-refractivity contribution is 5.74. The zero-order valence-electron chi connectivity index (χ0n) is 5.82. The summed E-state index contributed by atoms with van der Waals surface area (Å²) in [6.07, 6.45) is 3.33. The summed E-state index contributed by atoms with van der Waals surface area (Å²) in [6, 6.07) is 1.79. The molecule has 2 heterocycles. The van der Waals surface area contributed by atoms with Gasteiger partial charge in [-0.25, -0.2) is 0 Å². The van der Waals surface area contributed by atoms with Crippen molar-refractivity contribution in [1.82, 2.24) is 10.1 Å². The third-order valence-corrected chi connectivity index (χ3v) is 1.50. The lowest BCUT2D eigenvalue weighted by Crippen LogP contribution is -1.97. The minimum atomic E-state index is 0.427. The Morgan fingerprint density at radius 3 is 3.18 bits per heavy atom. The highest BCUT2D eigenvalue weighted by atomic mass is 16.5. The molecule has 0 fully saturated rings. The lowest BCUT2D eigenvalue weighted by atomic mass is 10.3. The molecule has 4 nitrogen and oxygen atoms in total. The number of hydrogen-bond acceptors (Lipinski definition) is 4. The summed E-state index contributed by atoms with van der Waals surface area (Å²) in [6.45, 7) is 0.427. The van der Waals surface area contributed by atoms with Gasteiger partial charge in [0.1, 0.15) is 0 Å². The molecule has 0 radical (unpaired) electrons. The third kappa shape index (κ3) is 0.969. The fourth-order valence-electron chi connectivity index (χ4n) is 0.916. The Labute approximate surface area is 63.0 Å². The summed E-state index contributed by atoms with van der Waals surface area (Å²) in [5.41, 5.74) is 6.94. The van der Waals surface area contributed by atoms with Crippen molar-refractivity contribution in [1.29, 1.82) is 0 Å². The molecule has 0 saturated heterocycles. The molecule has 0 amide bonds. The number of nitrogens with zero attached hydrogens (tertiary/aromatic N) is 2. The number of rotatable bonds is 1. The van der Waals surface area contributed by atoms with E-state index in [4.69, 9.17) is 10.3 Å². The summed E-state index contributed by atoms with van der Waals surface area (Å²) >= 11 is 0. The Morgan fingerprint density at radius 1 is 1.45 bits per heavy atom. The molecule has 0 aliphatic carbocycles. The van der Waals surface area contributed by atoms with Gasteiger partial charge in [0.05, 0.1) is 17.3 Å². The summed E-state index contributed by atoms with van der Waals surface area (Å²) in [4.78, 5) is 4.07.